The number of rotatable bonds is 9. The molecule has 1 amide bonds. The Kier molecular flexibility index (Phi) is 6.87. The van der Waals surface area contributed by atoms with Crippen LogP contribution in [-0.4, -0.2) is 53.5 Å². The van der Waals surface area contributed by atoms with Crippen LogP contribution in [0.15, 0.2) is 35.2 Å². The number of hydrogen-bond acceptors (Lipinski definition) is 6. The number of nitrogens with zero attached hydrogens (tertiary/aromatic N) is 3. The molecule has 0 radical (unpaired) electrons. The smallest absolute Gasteiger partial charge is 0.397 e. The molecule has 1 saturated heterocycles. The van der Waals surface area contributed by atoms with Crippen LogP contribution in [-0.2, 0) is 21.4 Å². The standard InChI is InChI=1S/C25H28F4N4O4S/c1-15-2-9-20(33(15)38(35,36)19-7-5-17(26)6-8-19)23(34)30-13-18-12-21(32-22(31-18)16-3-4-16)37-14-24(10-11-24)25(27,28)29/h5-8,12,15-16,20H,2-4,9-11,13-14H2,1H3,(H,30,34)/t15-,20-/m0/s1. The van der Waals surface area contributed by atoms with E-state index in [1.165, 1.54) is 6.07 Å². The van der Waals surface area contributed by atoms with Crippen molar-refractivity contribution in [1.82, 2.24) is 19.6 Å². The fourth-order valence-electron chi connectivity index (χ4n) is 4.69. The van der Waals surface area contributed by atoms with E-state index >= 15 is 0 Å². The molecule has 0 spiro atoms. The van der Waals surface area contributed by atoms with Crippen molar-refractivity contribution < 1.29 is 35.5 Å². The van der Waals surface area contributed by atoms with Gasteiger partial charge in [0, 0.05) is 18.0 Å². The summed E-state index contributed by atoms with van der Waals surface area (Å²) < 4.78 is 86.3. The number of ether oxygens (including phenoxy) is 1. The van der Waals surface area contributed by atoms with E-state index < -0.39 is 52.0 Å². The molecule has 13 heteroatoms. The second kappa shape index (κ2) is 9.74. The zero-order valence-corrected chi connectivity index (χ0v) is 21.5. The highest BCUT2D eigenvalue weighted by atomic mass is 32.2. The molecule has 1 aromatic heterocycles. The number of halogens is 4. The maximum absolute atomic E-state index is 13.3. The molecule has 2 heterocycles. The Bertz CT molecular complexity index is 1310. The average Bonchev–Trinajstić information content (AvgIpc) is 3.78. The molecule has 5 rings (SSSR count). The Morgan fingerprint density at radius 1 is 1.13 bits per heavy atom. The SMILES string of the molecule is C[C@H]1CC[C@@H](C(=O)NCc2cc(OCC3(C(F)(F)F)CC3)nc(C3CC3)n2)N1S(=O)(=O)c1ccc(F)cc1. The summed E-state index contributed by atoms with van der Waals surface area (Å²) in [5.74, 6) is -0.520. The van der Waals surface area contributed by atoms with Crippen LogP contribution in [0.5, 0.6) is 5.88 Å². The first kappa shape index (κ1) is 26.8. The highest BCUT2D eigenvalue weighted by Crippen LogP contribution is 2.57. The minimum absolute atomic E-state index is 0.0110. The Labute approximate surface area is 217 Å². The summed E-state index contributed by atoms with van der Waals surface area (Å²) in [6.07, 6.45) is -1.84. The third-order valence-electron chi connectivity index (χ3n) is 7.40. The molecule has 1 aromatic carbocycles. The van der Waals surface area contributed by atoms with Gasteiger partial charge in [-0.1, -0.05) is 0 Å². The van der Waals surface area contributed by atoms with Gasteiger partial charge >= 0.3 is 6.18 Å². The number of hydrogen-bond donors (Lipinski definition) is 1. The van der Waals surface area contributed by atoms with E-state index in [1.807, 2.05) is 0 Å². The number of nitrogens with one attached hydrogen (secondary N) is 1. The number of alkyl halides is 3. The summed E-state index contributed by atoms with van der Waals surface area (Å²) in [6, 6.07) is 4.42. The lowest BCUT2D eigenvalue weighted by atomic mass is 10.1. The second-order valence-corrected chi connectivity index (χ2v) is 12.2. The Hall–Kier alpha value is -2.80. The summed E-state index contributed by atoms with van der Waals surface area (Å²) in [4.78, 5) is 21.7. The first-order valence-electron chi connectivity index (χ1n) is 12.5. The molecule has 0 unspecified atom stereocenters. The third kappa shape index (κ3) is 5.35. The van der Waals surface area contributed by atoms with Gasteiger partial charge in [0.1, 0.15) is 29.7 Å². The number of amides is 1. The first-order valence-corrected chi connectivity index (χ1v) is 14.0. The van der Waals surface area contributed by atoms with Gasteiger partial charge in [-0.05, 0) is 69.7 Å². The van der Waals surface area contributed by atoms with Gasteiger partial charge in [-0.15, -0.1) is 0 Å². The summed E-state index contributed by atoms with van der Waals surface area (Å²) >= 11 is 0. The maximum Gasteiger partial charge on any atom is 0.397 e. The maximum atomic E-state index is 13.3. The van der Waals surface area contributed by atoms with Gasteiger partial charge in [-0.2, -0.15) is 22.5 Å². The van der Waals surface area contributed by atoms with Gasteiger partial charge in [0.15, 0.2) is 0 Å². The van der Waals surface area contributed by atoms with Gasteiger partial charge in [-0.3, -0.25) is 4.79 Å². The van der Waals surface area contributed by atoms with E-state index in [4.69, 9.17) is 4.74 Å². The first-order chi connectivity index (χ1) is 17.9. The lowest BCUT2D eigenvalue weighted by molar-refractivity contribution is -0.194. The quantitative estimate of drug-likeness (QED) is 0.468. The summed E-state index contributed by atoms with van der Waals surface area (Å²) in [5, 5.41) is 2.72. The fourth-order valence-corrected chi connectivity index (χ4v) is 6.53. The van der Waals surface area contributed by atoms with Crippen molar-refractivity contribution in [2.75, 3.05) is 6.61 Å². The van der Waals surface area contributed by atoms with Crippen molar-refractivity contribution in [2.24, 2.45) is 5.41 Å². The van der Waals surface area contributed by atoms with E-state index in [1.54, 1.807) is 6.92 Å². The molecule has 2 saturated carbocycles. The monoisotopic (exact) mass is 556 g/mol. The van der Waals surface area contributed by atoms with Gasteiger partial charge in [0.2, 0.25) is 21.8 Å². The van der Waals surface area contributed by atoms with Crippen molar-refractivity contribution in [2.45, 2.75) is 81.1 Å². The molecule has 1 N–H and O–H groups in total. The molecular weight excluding hydrogens is 528 g/mol. The third-order valence-corrected chi connectivity index (χ3v) is 9.44. The second-order valence-electron chi connectivity index (χ2n) is 10.3. The number of carbonyl (C=O) groups is 1. The molecule has 1 aliphatic heterocycles. The summed E-state index contributed by atoms with van der Waals surface area (Å²) in [6.45, 7) is 1.11. The fraction of sp³-hybridized carbons (Fsp3) is 0.560. The lowest BCUT2D eigenvalue weighted by Crippen LogP contribution is -2.48. The van der Waals surface area contributed by atoms with Gasteiger partial charge in [-0.25, -0.2) is 17.8 Å². The average molecular weight is 557 g/mol. The van der Waals surface area contributed by atoms with Crippen LogP contribution in [0, 0.1) is 11.2 Å². The van der Waals surface area contributed by atoms with Crippen LogP contribution in [0.1, 0.15) is 62.9 Å². The molecule has 2 aromatic rings. The van der Waals surface area contributed by atoms with Gasteiger partial charge < -0.3 is 10.1 Å². The molecular formula is C25H28F4N4O4S. The van der Waals surface area contributed by atoms with Gasteiger partial charge in [0.05, 0.1) is 17.1 Å². The highest BCUT2D eigenvalue weighted by Gasteiger charge is 2.64. The van der Waals surface area contributed by atoms with Crippen LogP contribution in [0.2, 0.25) is 0 Å². The van der Waals surface area contributed by atoms with Crippen molar-refractivity contribution in [1.29, 1.82) is 0 Å². The van der Waals surface area contributed by atoms with Crippen molar-refractivity contribution in [3.63, 3.8) is 0 Å². The molecule has 0 bridgehead atoms. The Morgan fingerprint density at radius 3 is 2.42 bits per heavy atom. The Balaban J connectivity index is 1.29. The van der Waals surface area contributed by atoms with Crippen LogP contribution in [0.3, 0.4) is 0 Å². The highest BCUT2D eigenvalue weighted by molar-refractivity contribution is 7.89. The predicted molar refractivity (Wildman–Crippen MR) is 127 cm³/mol. The Morgan fingerprint density at radius 2 is 1.82 bits per heavy atom. The van der Waals surface area contributed by atoms with Crippen LogP contribution < -0.4 is 10.1 Å². The van der Waals surface area contributed by atoms with E-state index in [-0.39, 0.29) is 36.1 Å². The summed E-state index contributed by atoms with van der Waals surface area (Å²) in [7, 11) is -4.06. The number of carbonyl (C=O) groups excluding carboxylic acids is 1. The zero-order valence-electron chi connectivity index (χ0n) is 20.7. The molecule has 3 aliphatic rings. The largest absolute Gasteiger partial charge is 0.477 e. The lowest BCUT2D eigenvalue weighted by Gasteiger charge is -2.27. The number of aromatic nitrogens is 2. The minimum atomic E-state index is -4.35. The molecule has 38 heavy (non-hydrogen) atoms. The summed E-state index contributed by atoms with van der Waals surface area (Å²) in [5.41, 5.74) is -1.48. The predicted octanol–water partition coefficient (Wildman–Crippen LogP) is 4.07. The van der Waals surface area contributed by atoms with Gasteiger partial charge in [0.25, 0.3) is 0 Å². The molecule has 206 valence electrons. The van der Waals surface area contributed by atoms with Crippen LogP contribution in [0.4, 0.5) is 17.6 Å². The van der Waals surface area contributed by atoms with Crippen LogP contribution >= 0.6 is 0 Å². The molecule has 2 aliphatic carbocycles. The molecule has 2 atom stereocenters. The van der Waals surface area contributed by atoms with Crippen LogP contribution in [0.25, 0.3) is 0 Å². The van der Waals surface area contributed by atoms with Crippen molar-refractivity contribution in [3.8, 4) is 5.88 Å². The van der Waals surface area contributed by atoms with Crippen molar-refractivity contribution in [3.05, 3.63) is 47.7 Å². The van der Waals surface area contributed by atoms with E-state index in [0.29, 0.717) is 24.4 Å². The minimum Gasteiger partial charge on any atom is -0.477 e. The zero-order chi connectivity index (χ0) is 27.3. The van der Waals surface area contributed by atoms with E-state index in [9.17, 15) is 30.8 Å². The number of benzene rings is 1. The molecule has 8 nitrogen and oxygen atoms in total. The topological polar surface area (TPSA) is 101 Å². The van der Waals surface area contributed by atoms with E-state index in [0.717, 1.165) is 41.4 Å². The number of sulfonamides is 1. The van der Waals surface area contributed by atoms with Crippen molar-refractivity contribution >= 4 is 15.9 Å². The van der Waals surface area contributed by atoms with E-state index in [2.05, 4.69) is 15.3 Å². The normalized spacial score (nSPS) is 23.3. The molecule has 3 fully saturated rings.